The molecular weight excluding hydrogens is 863 g/mol. The van der Waals surface area contributed by atoms with Crippen LogP contribution in [0.5, 0.6) is 17.2 Å². The average Bonchev–Trinajstić information content (AvgIpc) is 3.10. The first-order valence-electron chi connectivity index (χ1n) is 18.4. The highest BCUT2D eigenvalue weighted by molar-refractivity contribution is 7.47. The molecule has 2 atom stereocenters. The van der Waals surface area contributed by atoms with Crippen molar-refractivity contribution in [3.63, 3.8) is 0 Å². The Labute approximate surface area is 349 Å². The minimum absolute atomic E-state index is 0.0241. The van der Waals surface area contributed by atoms with Crippen molar-refractivity contribution in [3.05, 3.63) is 86.4 Å². The van der Waals surface area contributed by atoms with Crippen LogP contribution in [0.4, 0.5) is 8.78 Å². The molecule has 3 saturated carbocycles. The number of rotatable bonds is 17. The molecule has 6 rings (SSSR count). The Morgan fingerprint density at radius 2 is 1.51 bits per heavy atom. The van der Waals surface area contributed by atoms with Crippen LogP contribution in [-0.2, 0) is 35.3 Å². The molecular formula is C38H46Cl2F2N2O13P2. The lowest BCUT2D eigenvalue weighted by molar-refractivity contribution is -0.200. The van der Waals surface area contributed by atoms with E-state index in [0.29, 0.717) is 31.2 Å². The van der Waals surface area contributed by atoms with Gasteiger partial charge in [0.1, 0.15) is 28.9 Å². The summed E-state index contributed by atoms with van der Waals surface area (Å²) in [6, 6.07) is 9.17. The van der Waals surface area contributed by atoms with Gasteiger partial charge in [-0.25, -0.2) is 17.9 Å². The molecule has 0 aromatic heterocycles. The number of benzene rings is 3. The maximum atomic E-state index is 14.1. The van der Waals surface area contributed by atoms with E-state index in [4.69, 9.17) is 41.7 Å². The number of aliphatic hydroxyl groups excluding tert-OH is 1. The second-order valence-corrected chi connectivity index (χ2v) is 18.8. The van der Waals surface area contributed by atoms with E-state index in [2.05, 4.69) is 10.6 Å². The Hall–Kier alpha value is -3.34. The van der Waals surface area contributed by atoms with Crippen LogP contribution >= 0.6 is 38.8 Å². The van der Waals surface area contributed by atoms with E-state index in [-0.39, 0.29) is 75.6 Å². The molecule has 2 amide bonds. The van der Waals surface area contributed by atoms with Gasteiger partial charge in [0.15, 0.2) is 12.9 Å². The average molecular weight is 910 g/mol. The lowest BCUT2D eigenvalue weighted by Gasteiger charge is -2.58. The summed E-state index contributed by atoms with van der Waals surface area (Å²) >= 11 is 11.6. The van der Waals surface area contributed by atoms with Crippen molar-refractivity contribution in [1.82, 2.24) is 10.6 Å². The van der Waals surface area contributed by atoms with E-state index in [1.807, 2.05) is 0 Å². The van der Waals surface area contributed by atoms with Crippen molar-refractivity contribution in [2.24, 2.45) is 0 Å². The molecule has 0 radical (unpaired) electrons. The highest BCUT2D eigenvalue weighted by atomic mass is 35.5. The fourth-order valence-electron chi connectivity index (χ4n) is 8.16. The van der Waals surface area contributed by atoms with E-state index in [1.165, 1.54) is 38.1 Å². The molecule has 0 heterocycles. The van der Waals surface area contributed by atoms with Gasteiger partial charge in [0.25, 0.3) is 5.91 Å². The first kappa shape index (κ1) is 46.7. The van der Waals surface area contributed by atoms with Crippen molar-refractivity contribution >= 4 is 50.7 Å². The number of hydrogen-bond donors (Lipinski definition) is 7. The number of aliphatic hydroxyl groups is 1. The number of nitrogens with one attached hydrogen (secondary N) is 2. The second kappa shape index (κ2) is 17.9. The quantitative estimate of drug-likeness (QED) is 0.0560. The van der Waals surface area contributed by atoms with E-state index in [0.717, 1.165) is 12.1 Å². The number of aryl methyl sites for hydroxylation is 2. The zero-order chi connectivity index (χ0) is 43.7. The molecule has 3 fully saturated rings. The lowest BCUT2D eigenvalue weighted by Crippen LogP contribution is -2.71. The number of fused-ring (bicyclic) bond motifs is 3. The third-order valence-corrected chi connectivity index (χ3v) is 12.2. The van der Waals surface area contributed by atoms with Gasteiger partial charge in [-0.05, 0) is 105 Å². The zero-order valence-electron chi connectivity index (χ0n) is 32.5. The lowest BCUT2D eigenvalue weighted by atomic mass is 9.59. The number of amides is 2. The van der Waals surface area contributed by atoms with Crippen molar-refractivity contribution in [1.29, 1.82) is 0 Å². The summed E-state index contributed by atoms with van der Waals surface area (Å²) in [7, 11) is -10.3. The Morgan fingerprint density at radius 1 is 0.898 bits per heavy atom. The van der Waals surface area contributed by atoms with Gasteiger partial charge in [-0.15, -0.1) is 0 Å². The SMILES string of the molecule is Cc1cc(OP(=O)(O)O)c(C(C)(C)CC(O)O[C@H]2CC3(NC(=O)COc4ccc(Cl)c(F)c4)CCC2(NC(=O)CCc2ccc(Cl)c(F)c2)CC3)c(C)c1OP(=O)(O)O. The summed E-state index contributed by atoms with van der Waals surface area (Å²) in [6.07, 6.45) is -1.15. The summed E-state index contributed by atoms with van der Waals surface area (Å²) in [4.78, 5) is 65.4. The molecule has 2 bridgehead atoms. The van der Waals surface area contributed by atoms with E-state index in [9.17, 15) is 52.2 Å². The largest absolute Gasteiger partial charge is 0.524 e. The highest BCUT2D eigenvalue weighted by Gasteiger charge is 2.57. The van der Waals surface area contributed by atoms with Crippen LogP contribution in [0.1, 0.15) is 81.0 Å². The minimum Gasteiger partial charge on any atom is -0.484 e. The van der Waals surface area contributed by atoms with Gasteiger partial charge in [0.05, 0.1) is 21.7 Å². The van der Waals surface area contributed by atoms with Crippen molar-refractivity contribution in [3.8, 4) is 17.2 Å². The number of ether oxygens (including phenoxy) is 2. The molecule has 1 unspecified atom stereocenters. The molecule has 3 aliphatic carbocycles. The molecule has 0 saturated heterocycles. The first-order chi connectivity index (χ1) is 27.3. The normalized spacial score (nSPS) is 21.1. The summed E-state index contributed by atoms with van der Waals surface area (Å²) in [5.41, 5.74) is -2.43. The van der Waals surface area contributed by atoms with Crippen LogP contribution in [0.15, 0.2) is 42.5 Å². The topological polar surface area (TPSA) is 230 Å². The molecule has 15 nitrogen and oxygen atoms in total. The van der Waals surface area contributed by atoms with Gasteiger partial charge in [-0.1, -0.05) is 43.1 Å². The van der Waals surface area contributed by atoms with E-state index in [1.54, 1.807) is 19.9 Å². The van der Waals surface area contributed by atoms with Gasteiger partial charge < -0.3 is 34.3 Å². The monoisotopic (exact) mass is 908 g/mol. The van der Waals surface area contributed by atoms with Gasteiger partial charge in [-0.2, -0.15) is 0 Å². The van der Waals surface area contributed by atoms with Gasteiger partial charge in [-0.3, -0.25) is 29.2 Å². The second-order valence-electron chi connectivity index (χ2n) is 15.7. The number of phosphoric ester groups is 2. The number of halogens is 4. The zero-order valence-corrected chi connectivity index (χ0v) is 35.8. The predicted molar refractivity (Wildman–Crippen MR) is 211 cm³/mol. The number of hydrogen-bond acceptors (Lipinski definition) is 9. The molecule has 0 aliphatic heterocycles. The fourth-order valence-corrected chi connectivity index (χ4v) is 9.31. The first-order valence-corrected chi connectivity index (χ1v) is 22.2. The number of phosphoric acid groups is 2. The molecule has 324 valence electrons. The maximum Gasteiger partial charge on any atom is 0.524 e. The van der Waals surface area contributed by atoms with Crippen LogP contribution < -0.4 is 24.4 Å². The Bertz CT molecular complexity index is 2180. The van der Waals surface area contributed by atoms with Gasteiger partial charge in [0.2, 0.25) is 5.91 Å². The summed E-state index contributed by atoms with van der Waals surface area (Å²) in [5, 5.41) is 17.6. The van der Waals surface area contributed by atoms with Crippen LogP contribution in [0.25, 0.3) is 0 Å². The molecule has 7 N–H and O–H groups in total. The van der Waals surface area contributed by atoms with Crippen molar-refractivity contribution < 1.29 is 70.7 Å². The fraction of sp³-hybridized carbons (Fsp3) is 0.474. The van der Waals surface area contributed by atoms with Crippen molar-refractivity contribution in [2.75, 3.05) is 6.61 Å². The smallest absolute Gasteiger partial charge is 0.484 e. The Kier molecular flexibility index (Phi) is 14.2. The standard InChI is InChI=1S/C38H46Cl2F2N2O13P2/c1-21-15-29(56-58(48,49)50)34(22(2)35(21)57-59(51,52)53)36(3,4)19-33(47)55-30-18-37(43-32(46)20-54-24-7-9-26(40)28(42)17-24)11-13-38(30,14-12-37)44-31(45)10-6-23-5-8-25(39)27(41)16-23/h5,7-9,15-17,30,33,47H,6,10-14,18-20H2,1-4H3,(H,43,46)(H,44,45)(H2,48,49,50)(H2,51,52,53)/t30-,33?,37?,38?/m0/s1. The Balaban J connectivity index is 1.39. The molecule has 59 heavy (non-hydrogen) atoms. The third kappa shape index (κ3) is 11.9. The van der Waals surface area contributed by atoms with Gasteiger partial charge in [0, 0.05) is 30.0 Å². The number of carbonyl (C=O) groups is 2. The molecule has 21 heteroatoms. The molecule has 3 aromatic carbocycles. The number of carbonyl (C=O) groups excluding carboxylic acids is 2. The summed E-state index contributed by atoms with van der Waals surface area (Å²) in [5.74, 6) is -2.74. The Morgan fingerprint density at radius 3 is 2.10 bits per heavy atom. The molecule has 3 aromatic rings. The van der Waals surface area contributed by atoms with Gasteiger partial charge >= 0.3 is 15.6 Å². The predicted octanol–water partition coefficient (Wildman–Crippen LogP) is 6.60. The summed E-state index contributed by atoms with van der Waals surface area (Å²) < 4.78 is 73.8. The summed E-state index contributed by atoms with van der Waals surface area (Å²) in [6.45, 7) is 5.53. The van der Waals surface area contributed by atoms with Crippen LogP contribution in [0.3, 0.4) is 0 Å². The molecule has 0 spiro atoms. The maximum absolute atomic E-state index is 14.1. The highest BCUT2D eigenvalue weighted by Crippen LogP contribution is 2.52. The van der Waals surface area contributed by atoms with Crippen molar-refractivity contribution in [2.45, 2.75) is 108 Å². The minimum atomic E-state index is -5.17. The van der Waals surface area contributed by atoms with E-state index >= 15 is 0 Å². The van der Waals surface area contributed by atoms with Crippen LogP contribution in [0, 0.1) is 25.5 Å². The molecule has 3 aliphatic rings. The van der Waals surface area contributed by atoms with Crippen LogP contribution in [0.2, 0.25) is 10.0 Å². The van der Waals surface area contributed by atoms with E-state index < -0.39 is 68.7 Å². The third-order valence-electron chi connectivity index (χ3n) is 10.7. The van der Waals surface area contributed by atoms with Crippen LogP contribution in [-0.4, -0.2) is 66.6 Å².